The summed E-state index contributed by atoms with van der Waals surface area (Å²) in [5, 5.41) is 0.908. The minimum Gasteiger partial charge on any atom is -0.0876 e. The molecule has 11 heavy (non-hydrogen) atoms. The maximum atomic E-state index is 3.56. The largest absolute Gasteiger partial charge is 0.0876 e. The molecule has 1 aromatic carbocycles. The van der Waals surface area contributed by atoms with Crippen molar-refractivity contribution in [1.29, 1.82) is 0 Å². The van der Waals surface area contributed by atoms with Crippen LogP contribution in [0.1, 0.15) is 11.1 Å². The van der Waals surface area contributed by atoms with Gasteiger partial charge in [-0.25, -0.2) is 0 Å². The molecule has 0 heterocycles. The molecule has 0 aliphatic heterocycles. The molecule has 0 atom stereocenters. The second kappa shape index (κ2) is 4.23. The van der Waals surface area contributed by atoms with Crippen LogP contribution in [0, 0.1) is 10.5 Å². The normalized spacial score (nSPS) is 10.2. The molecule has 0 saturated heterocycles. The van der Waals surface area contributed by atoms with Crippen molar-refractivity contribution in [1.82, 2.24) is 0 Å². The molecule has 0 N–H and O–H groups in total. The molecule has 0 bridgehead atoms. The Morgan fingerprint density at radius 1 is 1.45 bits per heavy atom. The highest BCUT2D eigenvalue weighted by Gasteiger charge is 2.03. The third-order valence-corrected chi connectivity index (χ3v) is 4.42. The summed E-state index contributed by atoms with van der Waals surface area (Å²) in [5.41, 5.74) is 2.63. The number of hydrogen-bond donors (Lipinski definition) is 0. The summed E-state index contributed by atoms with van der Waals surface area (Å²) in [5.74, 6) is 0. The topological polar surface area (TPSA) is 0 Å². The Labute approximate surface area is 97.2 Å². The number of hydrogen-bond acceptors (Lipinski definition) is 0. The molecular formula is C8H7Br2I. The summed E-state index contributed by atoms with van der Waals surface area (Å²) in [6.07, 6.45) is 0. The zero-order valence-corrected chi connectivity index (χ0v) is 11.3. The van der Waals surface area contributed by atoms with E-state index in [1.54, 1.807) is 0 Å². The van der Waals surface area contributed by atoms with E-state index < -0.39 is 0 Å². The lowest BCUT2D eigenvalue weighted by atomic mass is 10.2. The van der Waals surface area contributed by atoms with Crippen molar-refractivity contribution in [3.8, 4) is 0 Å². The monoisotopic (exact) mass is 388 g/mol. The van der Waals surface area contributed by atoms with E-state index >= 15 is 0 Å². The van der Waals surface area contributed by atoms with Crippen LogP contribution in [0.25, 0.3) is 0 Å². The van der Waals surface area contributed by atoms with Crippen molar-refractivity contribution < 1.29 is 0 Å². The van der Waals surface area contributed by atoms with E-state index in [4.69, 9.17) is 0 Å². The highest BCUT2D eigenvalue weighted by molar-refractivity contribution is 14.1. The first-order valence-electron chi connectivity index (χ1n) is 3.16. The lowest BCUT2D eigenvalue weighted by Crippen LogP contribution is -1.87. The molecule has 0 aliphatic carbocycles. The molecule has 0 amide bonds. The molecule has 0 aromatic heterocycles. The molecular weight excluding hydrogens is 383 g/mol. The van der Waals surface area contributed by atoms with Crippen LogP contribution >= 0.6 is 54.5 Å². The quantitative estimate of drug-likeness (QED) is 0.497. The van der Waals surface area contributed by atoms with Gasteiger partial charge < -0.3 is 0 Å². The molecule has 0 unspecified atom stereocenters. The van der Waals surface area contributed by atoms with Gasteiger partial charge in [0.15, 0.2) is 0 Å². The first kappa shape index (κ1) is 9.99. The summed E-state index contributed by atoms with van der Waals surface area (Å²) < 4.78 is 2.53. The molecule has 0 nitrogen and oxygen atoms in total. The number of alkyl halides is 1. The summed E-state index contributed by atoms with van der Waals surface area (Å²) >= 11 is 9.33. The lowest BCUT2D eigenvalue weighted by Gasteiger charge is -2.05. The molecule has 0 spiro atoms. The predicted molar refractivity (Wildman–Crippen MR) is 64.2 cm³/mol. The molecule has 0 saturated carbocycles. The number of benzene rings is 1. The van der Waals surface area contributed by atoms with Gasteiger partial charge in [-0.15, -0.1) is 0 Å². The van der Waals surface area contributed by atoms with Crippen molar-refractivity contribution in [3.05, 3.63) is 31.3 Å². The first-order chi connectivity index (χ1) is 5.16. The van der Waals surface area contributed by atoms with Crippen LogP contribution in [0.5, 0.6) is 0 Å². The van der Waals surface area contributed by atoms with Gasteiger partial charge >= 0.3 is 0 Å². The lowest BCUT2D eigenvalue weighted by molar-refractivity contribution is 1.30. The fraction of sp³-hybridized carbons (Fsp3) is 0.250. The van der Waals surface area contributed by atoms with Crippen molar-refractivity contribution in [2.45, 2.75) is 12.3 Å². The summed E-state index contributed by atoms with van der Waals surface area (Å²) in [7, 11) is 0. The van der Waals surface area contributed by atoms with Crippen LogP contribution in [-0.2, 0) is 5.33 Å². The van der Waals surface area contributed by atoms with Crippen molar-refractivity contribution in [2.75, 3.05) is 0 Å². The van der Waals surface area contributed by atoms with E-state index in [0.29, 0.717) is 0 Å². The zero-order chi connectivity index (χ0) is 8.43. The van der Waals surface area contributed by atoms with Crippen molar-refractivity contribution in [3.63, 3.8) is 0 Å². The van der Waals surface area contributed by atoms with Gasteiger partial charge in [-0.2, -0.15) is 0 Å². The summed E-state index contributed by atoms with van der Waals surface area (Å²) in [6.45, 7) is 2.12. The second-order valence-electron chi connectivity index (χ2n) is 2.28. The zero-order valence-electron chi connectivity index (χ0n) is 6.00. The van der Waals surface area contributed by atoms with Crippen molar-refractivity contribution in [2.24, 2.45) is 0 Å². The fourth-order valence-electron chi connectivity index (χ4n) is 0.821. The van der Waals surface area contributed by atoms with Crippen LogP contribution in [-0.4, -0.2) is 0 Å². The predicted octanol–water partition coefficient (Wildman–Crippen LogP) is 4.26. The molecule has 3 heteroatoms. The van der Waals surface area contributed by atoms with Crippen LogP contribution in [0.15, 0.2) is 16.6 Å². The van der Waals surface area contributed by atoms with Gasteiger partial charge in [-0.1, -0.05) is 37.9 Å². The average Bonchev–Trinajstić information content (AvgIpc) is 2.01. The highest BCUT2D eigenvalue weighted by Crippen LogP contribution is 2.26. The molecule has 0 aliphatic rings. The van der Waals surface area contributed by atoms with E-state index in [-0.39, 0.29) is 0 Å². The molecule has 1 aromatic rings. The van der Waals surface area contributed by atoms with Crippen LogP contribution in [0.4, 0.5) is 0 Å². The van der Waals surface area contributed by atoms with E-state index in [9.17, 15) is 0 Å². The molecule has 0 fully saturated rings. The standard InChI is InChI=1S/C8H7Br2I/c1-5-7(11)3-2-6(4-9)8(5)10/h2-3H,4H2,1H3. The molecule has 0 radical (unpaired) electrons. The van der Waals surface area contributed by atoms with Gasteiger partial charge in [0.1, 0.15) is 0 Å². The Morgan fingerprint density at radius 3 is 2.64 bits per heavy atom. The third-order valence-electron chi connectivity index (χ3n) is 1.54. The van der Waals surface area contributed by atoms with Crippen LogP contribution in [0.2, 0.25) is 0 Å². The van der Waals surface area contributed by atoms with Gasteiger partial charge in [0.2, 0.25) is 0 Å². The van der Waals surface area contributed by atoms with Crippen LogP contribution in [0.3, 0.4) is 0 Å². The Bertz CT molecular complexity index is 271. The molecule has 60 valence electrons. The molecule has 1 rings (SSSR count). The Kier molecular flexibility index (Phi) is 3.85. The van der Waals surface area contributed by atoms with Gasteiger partial charge in [-0.3, -0.25) is 0 Å². The van der Waals surface area contributed by atoms with E-state index in [1.807, 2.05) is 0 Å². The van der Waals surface area contributed by atoms with Crippen molar-refractivity contribution >= 4 is 54.5 Å². The summed E-state index contributed by atoms with van der Waals surface area (Å²) in [6, 6.07) is 4.27. The Morgan fingerprint density at radius 2 is 2.09 bits per heavy atom. The van der Waals surface area contributed by atoms with Crippen LogP contribution < -0.4 is 0 Å². The fourth-order valence-corrected chi connectivity index (χ4v) is 2.97. The highest BCUT2D eigenvalue weighted by atomic mass is 127. The second-order valence-corrected chi connectivity index (χ2v) is 4.80. The van der Waals surface area contributed by atoms with Gasteiger partial charge in [-0.05, 0) is 46.7 Å². The summed E-state index contributed by atoms with van der Waals surface area (Å²) in [4.78, 5) is 0. The van der Waals surface area contributed by atoms with E-state index in [2.05, 4.69) is 73.5 Å². The maximum Gasteiger partial charge on any atom is 0.0294 e. The van der Waals surface area contributed by atoms with E-state index in [0.717, 1.165) is 5.33 Å². The Balaban J connectivity index is 3.25. The van der Waals surface area contributed by atoms with Gasteiger partial charge in [0.05, 0.1) is 0 Å². The van der Waals surface area contributed by atoms with Gasteiger partial charge in [0.25, 0.3) is 0 Å². The first-order valence-corrected chi connectivity index (χ1v) is 6.15. The maximum absolute atomic E-state index is 3.56. The average molecular weight is 390 g/mol. The smallest absolute Gasteiger partial charge is 0.0294 e. The third kappa shape index (κ3) is 2.18. The SMILES string of the molecule is Cc1c(I)ccc(CBr)c1Br. The minimum absolute atomic E-state index is 0.908. The number of rotatable bonds is 1. The van der Waals surface area contributed by atoms with Gasteiger partial charge in [0, 0.05) is 13.4 Å². The van der Waals surface area contributed by atoms with E-state index in [1.165, 1.54) is 19.2 Å². The number of halogens is 3. The minimum atomic E-state index is 0.908. The Hall–Kier alpha value is 0.910.